The molecular weight excluding hydrogens is 516 g/mol. The van der Waals surface area contributed by atoms with Gasteiger partial charge in [0.1, 0.15) is 25.6 Å². The van der Waals surface area contributed by atoms with E-state index >= 15 is 0 Å². The lowest BCUT2D eigenvalue weighted by Gasteiger charge is -2.54. The first-order valence-electron chi connectivity index (χ1n) is 9.85. The van der Waals surface area contributed by atoms with Crippen LogP contribution in [0.5, 0.6) is 5.75 Å². The summed E-state index contributed by atoms with van der Waals surface area (Å²) in [7, 11) is 1.34. The molecule has 0 saturated heterocycles. The molecule has 0 unspecified atom stereocenters. The van der Waals surface area contributed by atoms with E-state index in [0.717, 1.165) is 4.57 Å². The second-order valence-electron chi connectivity index (χ2n) is 8.27. The van der Waals surface area contributed by atoms with Crippen LogP contribution in [0.15, 0.2) is 55.6 Å². The minimum absolute atomic E-state index is 0.0135. The third kappa shape index (κ3) is 2.60. The number of hydrogen-bond acceptors (Lipinski definition) is 5. The van der Waals surface area contributed by atoms with Crippen LogP contribution in [-0.4, -0.2) is 40.4 Å². The highest BCUT2D eigenvalue weighted by Crippen LogP contribution is 2.64. The van der Waals surface area contributed by atoms with E-state index in [4.69, 9.17) is 46.4 Å². The second kappa shape index (κ2) is 7.12. The maximum Gasteiger partial charge on any atom is 0.347 e. The number of para-hydroxylation sites is 1. The van der Waals surface area contributed by atoms with Crippen molar-refractivity contribution in [2.45, 2.75) is 34.7 Å². The van der Waals surface area contributed by atoms with Crippen molar-refractivity contribution in [3.05, 3.63) is 72.5 Å². The lowest BCUT2D eigenvalue weighted by molar-refractivity contribution is -0.128. The Bertz CT molecular complexity index is 1450. The molecule has 1 aliphatic heterocycles. The average molecular weight is 531 g/mol. The number of carbonyl (C=O) groups is 2. The van der Waals surface area contributed by atoms with Crippen molar-refractivity contribution >= 4 is 58.0 Å². The number of nitrogens with zero attached hydrogens (tertiary/aromatic N) is 3. The first kappa shape index (κ1) is 22.5. The number of ketones is 2. The minimum atomic E-state index is -2.15. The van der Waals surface area contributed by atoms with Gasteiger partial charge in [-0.25, -0.2) is 23.5 Å². The summed E-state index contributed by atoms with van der Waals surface area (Å²) in [6.07, 6.45) is 1.36. The average Bonchev–Trinajstić information content (AvgIpc) is 3.02. The van der Waals surface area contributed by atoms with E-state index in [1.807, 2.05) is 0 Å². The van der Waals surface area contributed by atoms with Gasteiger partial charge < -0.3 is 5.11 Å². The van der Waals surface area contributed by atoms with Crippen molar-refractivity contribution in [3.8, 4) is 5.75 Å². The van der Waals surface area contributed by atoms with Gasteiger partial charge in [-0.05, 0) is 11.6 Å². The Morgan fingerprint density at radius 2 is 1.64 bits per heavy atom. The van der Waals surface area contributed by atoms with Gasteiger partial charge in [0.05, 0.1) is 12.6 Å². The van der Waals surface area contributed by atoms with E-state index in [9.17, 15) is 24.3 Å². The minimum Gasteiger partial charge on any atom is -0.508 e. The van der Waals surface area contributed by atoms with Crippen molar-refractivity contribution in [3.63, 3.8) is 0 Å². The Kier molecular flexibility index (Phi) is 4.86. The van der Waals surface area contributed by atoms with Crippen LogP contribution in [0.1, 0.15) is 23.9 Å². The molecule has 172 valence electrons. The molecule has 3 aliphatic rings. The van der Waals surface area contributed by atoms with Crippen molar-refractivity contribution in [2.75, 3.05) is 0 Å². The lowest BCUT2D eigenvalue weighted by atomic mass is 9.59. The normalized spacial score (nSPS) is 31.1. The third-order valence-electron chi connectivity index (χ3n) is 6.74. The number of benzene rings is 1. The molecule has 33 heavy (non-hydrogen) atoms. The highest BCUT2D eigenvalue weighted by atomic mass is 35.5. The Balaban J connectivity index is 1.88. The number of rotatable bonds is 1. The van der Waals surface area contributed by atoms with Gasteiger partial charge in [-0.2, -0.15) is 0 Å². The number of Topliss-reactive ketones (excluding diaryl/α,β-unsaturated/α-hetero) is 2. The highest BCUT2D eigenvalue weighted by molar-refractivity contribution is 6.66. The topological polar surface area (TPSA) is 103 Å². The summed E-state index contributed by atoms with van der Waals surface area (Å²) >= 11 is 26.2. The molecule has 1 fully saturated rings. The number of halogens is 4. The Labute approximate surface area is 206 Å². The van der Waals surface area contributed by atoms with Crippen LogP contribution >= 0.6 is 46.4 Å². The number of aromatic hydroxyl groups is 1. The smallest absolute Gasteiger partial charge is 0.347 e. The van der Waals surface area contributed by atoms with Crippen LogP contribution < -0.4 is 11.4 Å². The number of aromatic nitrogens is 3. The van der Waals surface area contributed by atoms with E-state index in [2.05, 4.69) is 0 Å². The molecule has 2 heterocycles. The van der Waals surface area contributed by atoms with Gasteiger partial charge in [0.2, 0.25) is 0 Å². The van der Waals surface area contributed by atoms with E-state index in [-0.39, 0.29) is 24.3 Å². The maximum atomic E-state index is 13.5. The van der Waals surface area contributed by atoms with Crippen molar-refractivity contribution in [2.24, 2.45) is 7.05 Å². The van der Waals surface area contributed by atoms with Crippen LogP contribution in [0.3, 0.4) is 0 Å². The summed E-state index contributed by atoms with van der Waals surface area (Å²) in [5, 5.41) is 9.59. The summed E-state index contributed by atoms with van der Waals surface area (Å²) in [5.74, 6) is -3.07. The zero-order valence-electron chi connectivity index (χ0n) is 16.9. The number of allylic oxidation sites excluding steroid dienone is 4. The molecule has 2 aliphatic carbocycles. The number of carbonyl (C=O) groups excluding carboxylic acids is 2. The SMILES string of the molecule is Cn1c(=O)n2n(c1=O)[C@@H]1C[C@@]3(Cl)C(=O)C(Cl)=C(Cl)C(=O)[C@@]3(Cl)[C@@H](c3ccccc3O)C1=CC2. The predicted molar refractivity (Wildman–Crippen MR) is 122 cm³/mol. The van der Waals surface area contributed by atoms with E-state index in [0.29, 0.717) is 5.57 Å². The van der Waals surface area contributed by atoms with Gasteiger partial charge in [-0.1, -0.05) is 47.5 Å². The molecule has 1 saturated carbocycles. The van der Waals surface area contributed by atoms with Gasteiger partial charge in [0, 0.05) is 24.9 Å². The molecule has 5 rings (SSSR count). The van der Waals surface area contributed by atoms with Gasteiger partial charge in [0.25, 0.3) is 0 Å². The zero-order valence-corrected chi connectivity index (χ0v) is 19.9. The molecule has 12 heteroatoms. The van der Waals surface area contributed by atoms with Gasteiger partial charge in [0.15, 0.2) is 11.6 Å². The molecule has 1 aromatic carbocycles. The standard InChI is InChI=1S/C21H15Cl4N3O5/c1-26-18(32)27-7-6-9-11(28(27)19(26)33)8-20(24)16(30)14(22)15(23)17(31)21(20,25)13(9)10-4-2-3-5-12(10)29/h2-6,11,13,29H,7-8H2,1H3/t11-,13-,20-,21+/m1/s1. The Hall–Kier alpha value is -2.26. The lowest BCUT2D eigenvalue weighted by Crippen LogP contribution is -2.67. The Morgan fingerprint density at radius 1 is 1.00 bits per heavy atom. The van der Waals surface area contributed by atoms with Crippen molar-refractivity contribution < 1.29 is 14.7 Å². The molecule has 1 aromatic heterocycles. The van der Waals surface area contributed by atoms with Crippen molar-refractivity contribution in [1.82, 2.24) is 13.9 Å². The largest absolute Gasteiger partial charge is 0.508 e. The number of alkyl halides is 2. The number of fused-ring (bicyclic) bond motifs is 4. The number of phenolic OH excluding ortho intramolecular Hbond substituents is 1. The van der Waals surface area contributed by atoms with Crippen LogP contribution in [-0.2, 0) is 23.2 Å². The van der Waals surface area contributed by atoms with Crippen LogP contribution in [0.2, 0.25) is 0 Å². The van der Waals surface area contributed by atoms with Crippen LogP contribution in [0.4, 0.5) is 0 Å². The molecule has 0 amide bonds. The molecular formula is C21H15Cl4N3O5. The van der Waals surface area contributed by atoms with E-state index < -0.39 is 54.7 Å². The third-order valence-corrected chi connectivity index (χ3v) is 8.99. The molecule has 2 aromatic rings. The number of hydrogen-bond donors (Lipinski definition) is 1. The summed E-state index contributed by atoms with van der Waals surface area (Å²) in [4.78, 5) is 48.1. The van der Waals surface area contributed by atoms with Gasteiger partial charge in [-0.15, -0.1) is 23.2 Å². The van der Waals surface area contributed by atoms with E-state index in [1.54, 1.807) is 24.3 Å². The van der Waals surface area contributed by atoms with Crippen molar-refractivity contribution in [1.29, 1.82) is 0 Å². The predicted octanol–water partition coefficient (Wildman–Crippen LogP) is 2.52. The molecule has 0 radical (unpaired) electrons. The second-order valence-corrected chi connectivity index (χ2v) is 10.3. The fourth-order valence-electron chi connectivity index (χ4n) is 5.16. The quantitative estimate of drug-likeness (QED) is 0.450. The zero-order chi connectivity index (χ0) is 24.0. The van der Waals surface area contributed by atoms with Gasteiger partial charge >= 0.3 is 11.4 Å². The summed E-state index contributed by atoms with van der Waals surface area (Å²) in [6, 6.07) is 5.25. The molecule has 0 spiro atoms. The molecule has 4 atom stereocenters. The van der Waals surface area contributed by atoms with Crippen LogP contribution in [0.25, 0.3) is 0 Å². The van der Waals surface area contributed by atoms with E-state index in [1.165, 1.54) is 22.5 Å². The summed E-state index contributed by atoms with van der Waals surface area (Å²) < 4.78 is 3.36. The summed E-state index contributed by atoms with van der Waals surface area (Å²) in [6.45, 7) is 0.0135. The number of phenols is 1. The fraction of sp³-hybridized carbons (Fsp3) is 0.333. The highest BCUT2D eigenvalue weighted by Gasteiger charge is 2.71. The first-order valence-corrected chi connectivity index (χ1v) is 11.4. The fourth-order valence-corrected chi connectivity index (χ4v) is 6.67. The maximum absolute atomic E-state index is 13.5. The molecule has 1 N–H and O–H groups in total. The first-order chi connectivity index (χ1) is 15.5. The monoisotopic (exact) mass is 529 g/mol. The van der Waals surface area contributed by atoms with Gasteiger partial charge in [-0.3, -0.25) is 9.59 Å². The Morgan fingerprint density at radius 3 is 2.30 bits per heavy atom. The summed E-state index contributed by atoms with van der Waals surface area (Å²) in [5.41, 5.74) is -0.494. The van der Waals surface area contributed by atoms with Crippen LogP contribution in [0, 0.1) is 0 Å². The molecule has 8 nitrogen and oxygen atoms in total. The molecule has 0 bridgehead atoms.